The van der Waals surface area contributed by atoms with Gasteiger partial charge in [-0.2, -0.15) is 5.10 Å². The molecule has 1 fully saturated rings. The highest BCUT2D eigenvalue weighted by Crippen LogP contribution is 2.24. The standard InChI is InChI=1S/C16H21ClN4O/c17-14-3-1-2-13(10-14)16(21-6-8-22-9-7-21)12-18-11-15-4-5-19-20-15/h1-5,10,16,18H,6-9,11-12H2,(H,19,20). The van der Waals surface area contributed by atoms with Crippen molar-refractivity contribution in [2.24, 2.45) is 0 Å². The molecule has 0 spiro atoms. The molecule has 0 bridgehead atoms. The van der Waals surface area contributed by atoms with E-state index < -0.39 is 0 Å². The minimum atomic E-state index is 0.297. The van der Waals surface area contributed by atoms with Crippen LogP contribution >= 0.6 is 11.6 Å². The number of H-pyrrole nitrogens is 1. The van der Waals surface area contributed by atoms with E-state index in [1.165, 1.54) is 5.56 Å². The first-order valence-corrected chi connectivity index (χ1v) is 7.97. The molecule has 2 aromatic rings. The molecule has 22 heavy (non-hydrogen) atoms. The lowest BCUT2D eigenvalue weighted by atomic mass is 10.0. The van der Waals surface area contributed by atoms with Crippen molar-refractivity contribution in [3.05, 3.63) is 52.8 Å². The summed E-state index contributed by atoms with van der Waals surface area (Å²) in [4.78, 5) is 2.45. The zero-order valence-corrected chi connectivity index (χ0v) is 13.2. The van der Waals surface area contributed by atoms with Gasteiger partial charge in [0.25, 0.3) is 0 Å². The van der Waals surface area contributed by atoms with Gasteiger partial charge in [0, 0.05) is 49.1 Å². The van der Waals surface area contributed by atoms with E-state index in [1.54, 1.807) is 6.20 Å². The monoisotopic (exact) mass is 320 g/mol. The fourth-order valence-electron chi connectivity index (χ4n) is 2.79. The Kier molecular flexibility index (Phi) is 5.45. The first-order valence-electron chi connectivity index (χ1n) is 7.59. The Hall–Kier alpha value is -1.40. The minimum absolute atomic E-state index is 0.297. The van der Waals surface area contributed by atoms with Gasteiger partial charge in [-0.05, 0) is 23.8 Å². The Morgan fingerprint density at radius 1 is 1.32 bits per heavy atom. The highest BCUT2D eigenvalue weighted by atomic mass is 35.5. The highest BCUT2D eigenvalue weighted by Gasteiger charge is 2.22. The Balaban J connectivity index is 1.67. The van der Waals surface area contributed by atoms with Crippen molar-refractivity contribution in [1.82, 2.24) is 20.4 Å². The second-order valence-corrected chi connectivity index (χ2v) is 5.87. The second-order valence-electron chi connectivity index (χ2n) is 5.43. The van der Waals surface area contributed by atoms with Crippen LogP contribution < -0.4 is 5.32 Å². The quantitative estimate of drug-likeness (QED) is 0.857. The zero-order valence-electron chi connectivity index (χ0n) is 12.5. The number of rotatable bonds is 6. The van der Waals surface area contributed by atoms with Crippen molar-refractivity contribution in [3.8, 4) is 0 Å². The Morgan fingerprint density at radius 3 is 2.91 bits per heavy atom. The molecule has 0 amide bonds. The molecule has 1 atom stereocenters. The molecular weight excluding hydrogens is 300 g/mol. The molecule has 1 saturated heterocycles. The molecule has 1 aliphatic rings. The second kappa shape index (κ2) is 7.74. The van der Waals surface area contributed by atoms with Crippen molar-refractivity contribution in [2.75, 3.05) is 32.8 Å². The summed E-state index contributed by atoms with van der Waals surface area (Å²) in [5.74, 6) is 0. The van der Waals surface area contributed by atoms with Gasteiger partial charge in [-0.1, -0.05) is 23.7 Å². The molecule has 1 aromatic carbocycles. The summed E-state index contributed by atoms with van der Waals surface area (Å²) < 4.78 is 5.47. The largest absolute Gasteiger partial charge is 0.379 e. The Labute approximate surface area is 135 Å². The van der Waals surface area contributed by atoms with E-state index in [4.69, 9.17) is 16.3 Å². The van der Waals surface area contributed by atoms with Crippen LogP contribution in [0.3, 0.4) is 0 Å². The summed E-state index contributed by atoms with van der Waals surface area (Å²) in [6.45, 7) is 5.11. The van der Waals surface area contributed by atoms with Gasteiger partial charge in [0.15, 0.2) is 0 Å². The normalized spacial score (nSPS) is 17.5. The third-order valence-electron chi connectivity index (χ3n) is 3.93. The molecule has 0 radical (unpaired) electrons. The average molecular weight is 321 g/mol. The SMILES string of the molecule is Clc1cccc(C(CNCc2ccn[nH]2)N2CCOCC2)c1. The number of benzene rings is 1. The van der Waals surface area contributed by atoms with Gasteiger partial charge in [-0.3, -0.25) is 10.00 Å². The number of nitrogens with zero attached hydrogens (tertiary/aromatic N) is 2. The van der Waals surface area contributed by atoms with Crippen molar-refractivity contribution < 1.29 is 4.74 Å². The van der Waals surface area contributed by atoms with Crippen LogP contribution in [0.25, 0.3) is 0 Å². The predicted molar refractivity (Wildman–Crippen MR) is 86.9 cm³/mol. The Morgan fingerprint density at radius 2 is 2.18 bits per heavy atom. The number of nitrogens with one attached hydrogen (secondary N) is 2. The molecule has 5 nitrogen and oxygen atoms in total. The average Bonchev–Trinajstić information content (AvgIpc) is 3.06. The van der Waals surface area contributed by atoms with Crippen LogP contribution in [0, 0.1) is 0 Å². The smallest absolute Gasteiger partial charge is 0.0594 e. The highest BCUT2D eigenvalue weighted by molar-refractivity contribution is 6.30. The van der Waals surface area contributed by atoms with E-state index in [2.05, 4.69) is 32.5 Å². The van der Waals surface area contributed by atoms with Crippen molar-refractivity contribution in [3.63, 3.8) is 0 Å². The number of halogens is 1. The molecule has 2 N–H and O–H groups in total. The molecule has 1 aliphatic heterocycles. The molecule has 0 aliphatic carbocycles. The van der Waals surface area contributed by atoms with Crippen LogP contribution in [-0.2, 0) is 11.3 Å². The van der Waals surface area contributed by atoms with Gasteiger partial charge in [0.2, 0.25) is 0 Å². The van der Waals surface area contributed by atoms with Crippen LogP contribution in [-0.4, -0.2) is 47.9 Å². The molecule has 0 saturated carbocycles. The lowest BCUT2D eigenvalue weighted by Gasteiger charge is -2.35. The number of aromatic amines is 1. The molecular formula is C16H21ClN4O. The number of hydrogen-bond acceptors (Lipinski definition) is 4. The summed E-state index contributed by atoms with van der Waals surface area (Å²) in [6, 6.07) is 10.4. The van der Waals surface area contributed by atoms with Gasteiger partial charge < -0.3 is 10.1 Å². The van der Waals surface area contributed by atoms with E-state index in [-0.39, 0.29) is 0 Å². The van der Waals surface area contributed by atoms with E-state index in [1.807, 2.05) is 18.2 Å². The van der Waals surface area contributed by atoms with E-state index in [0.717, 1.165) is 50.1 Å². The van der Waals surface area contributed by atoms with Crippen LogP contribution in [0.1, 0.15) is 17.3 Å². The number of aromatic nitrogens is 2. The summed E-state index contributed by atoms with van der Waals surface area (Å²) in [7, 11) is 0. The molecule has 6 heteroatoms. The summed E-state index contributed by atoms with van der Waals surface area (Å²) >= 11 is 6.17. The lowest BCUT2D eigenvalue weighted by Crippen LogP contribution is -2.42. The van der Waals surface area contributed by atoms with Gasteiger partial charge in [-0.15, -0.1) is 0 Å². The fraction of sp³-hybridized carbons (Fsp3) is 0.438. The van der Waals surface area contributed by atoms with Crippen LogP contribution in [0.4, 0.5) is 0 Å². The first-order chi connectivity index (χ1) is 10.8. The lowest BCUT2D eigenvalue weighted by molar-refractivity contribution is 0.0161. The summed E-state index contributed by atoms with van der Waals surface area (Å²) in [5.41, 5.74) is 2.33. The molecule has 1 aromatic heterocycles. The third-order valence-corrected chi connectivity index (χ3v) is 4.17. The molecule has 3 rings (SSSR count). The maximum absolute atomic E-state index is 6.17. The summed E-state index contributed by atoms with van der Waals surface area (Å²) in [5, 5.41) is 11.2. The number of morpholine rings is 1. The van der Waals surface area contributed by atoms with E-state index in [9.17, 15) is 0 Å². The van der Waals surface area contributed by atoms with E-state index >= 15 is 0 Å². The zero-order chi connectivity index (χ0) is 15.2. The maximum atomic E-state index is 6.17. The minimum Gasteiger partial charge on any atom is -0.379 e. The van der Waals surface area contributed by atoms with Crippen molar-refractivity contribution in [2.45, 2.75) is 12.6 Å². The predicted octanol–water partition coefficient (Wildman–Crippen LogP) is 2.23. The van der Waals surface area contributed by atoms with Gasteiger partial charge in [0.05, 0.1) is 13.2 Å². The number of hydrogen-bond donors (Lipinski definition) is 2. The topological polar surface area (TPSA) is 53.2 Å². The van der Waals surface area contributed by atoms with Crippen molar-refractivity contribution in [1.29, 1.82) is 0 Å². The Bertz CT molecular complexity index is 569. The van der Waals surface area contributed by atoms with Crippen LogP contribution in [0.5, 0.6) is 0 Å². The summed E-state index contributed by atoms with van der Waals surface area (Å²) in [6.07, 6.45) is 1.77. The van der Waals surface area contributed by atoms with Gasteiger partial charge >= 0.3 is 0 Å². The molecule has 2 heterocycles. The maximum Gasteiger partial charge on any atom is 0.0594 e. The van der Waals surface area contributed by atoms with Crippen molar-refractivity contribution >= 4 is 11.6 Å². The molecule has 118 valence electrons. The van der Waals surface area contributed by atoms with E-state index in [0.29, 0.717) is 6.04 Å². The first kappa shape index (κ1) is 15.5. The van der Waals surface area contributed by atoms with Gasteiger partial charge in [-0.25, -0.2) is 0 Å². The van der Waals surface area contributed by atoms with Crippen LogP contribution in [0.2, 0.25) is 5.02 Å². The van der Waals surface area contributed by atoms with Crippen LogP contribution in [0.15, 0.2) is 36.5 Å². The number of ether oxygens (including phenoxy) is 1. The fourth-order valence-corrected chi connectivity index (χ4v) is 2.99. The van der Waals surface area contributed by atoms with Gasteiger partial charge in [0.1, 0.15) is 0 Å². The third kappa shape index (κ3) is 4.08. The molecule has 1 unspecified atom stereocenters.